The highest BCUT2D eigenvalue weighted by Crippen LogP contribution is 2.47. The van der Waals surface area contributed by atoms with Crippen LogP contribution in [0, 0.1) is 0 Å². The molecule has 54 heavy (non-hydrogen) atoms. The van der Waals surface area contributed by atoms with E-state index in [1.54, 1.807) is 0 Å². The highest BCUT2D eigenvalue weighted by molar-refractivity contribution is 6.84. The van der Waals surface area contributed by atoms with Crippen molar-refractivity contribution >= 4 is 17.1 Å². The maximum Gasteiger partial charge on any atom is 0.335 e. The van der Waals surface area contributed by atoms with Crippen LogP contribution < -0.4 is 0 Å². The van der Waals surface area contributed by atoms with Gasteiger partial charge in [-0.05, 0) is 40.6 Å². The van der Waals surface area contributed by atoms with Crippen LogP contribution >= 0.6 is 0 Å². The third-order valence-electron chi connectivity index (χ3n) is 12.0. The van der Waals surface area contributed by atoms with E-state index in [9.17, 15) is 0 Å². The lowest BCUT2D eigenvalue weighted by Gasteiger charge is -2.52. The van der Waals surface area contributed by atoms with Crippen LogP contribution in [0.5, 0.6) is 0 Å². The zero-order valence-electron chi connectivity index (χ0n) is 33.8. The standard InChI is InChI=1S/C43H66O9Si2/c1-11-33-35(22-18-23-36-40(47-33)27-46-53(28(3)4,29(5)6)52-54(51-36,30(7)8)31(9)10)48-38-25-39-42(50-34(38)12-2)43(45-26-32-19-14-13-15-20-32)41-37(49-39)21-16-17-24-44-41/h11-20,23,28-31,33-43H,1-2,21-22,24-27H2,3-10H3/b23-18-/t33-,34+,35+,36-,37-,38-,39+,40+,41-,42+,43+/m0/s1. The van der Waals surface area contributed by atoms with Crippen LogP contribution in [-0.2, 0) is 48.0 Å². The first kappa shape index (κ1) is 41.9. The summed E-state index contributed by atoms with van der Waals surface area (Å²) in [5, 5.41) is 0. The fraction of sp³-hybridized carbons (Fsp3) is 0.674. The number of ether oxygens (including phenoxy) is 6. The Morgan fingerprint density at radius 1 is 0.741 bits per heavy atom. The minimum atomic E-state index is -2.81. The molecule has 9 nitrogen and oxygen atoms in total. The highest BCUT2D eigenvalue weighted by atomic mass is 28.5. The quantitative estimate of drug-likeness (QED) is 0.162. The lowest BCUT2D eigenvalue weighted by molar-refractivity contribution is -0.297. The van der Waals surface area contributed by atoms with Gasteiger partial charge in [-0.2, -0.15) is 0 Å². The van der Waals surface area contributed by atoms with E-state index in [4.69, 9.17) is 41.4 Å². The summed E-state index contributed by atoms with van der Waals surface area (Å²) in [7, 11) is -5.54. The summed E-state index contributed by atoms with van der Waals surface area (Å²) in [5.41, 5.74) is 2.03. The van der Waals surface area contributed by atoms with E-state index in [-0.39, 0.29) is 83.2 Å². The first-order valence-corrected chi connectivity index (χ1v) is 24.3. The summed E-state index contributed by atoms with van der Waals surface area (Å²) in [4.78, 5) is 0. The van der Waals surface area contributed by atoms with Crippen LogP contribution in [0.2, 0.25) is 22.2 Å². The maximum absolute atomic E-state index is 7.40. The average Bonchev–Trinajstić information content (AvgIpc) is 3.38. The Hall–Kier alpha value is -1.75. The first-order valence-electron chi connectivity index (χ1n) is 20.4. The van der Waals surface area contributed by atoms with Crippen LogP contribution in [-0.4, -0.2) is 97.5 Å². The van der Waals surface area contributed by atoms with Crippen molar-refractivity contribution in [1.29, 1.82) is 0 Å². The molecule has 11 atom stereocenters. The largest absolute Gasteiger partial charge is 0.414 e. The molecule has 0 aliphatic carbocycles. The Balaban J connectivity index is 1.23. The van der Waals surface area contributed by atoms with Gasteiger partial charge in [-0.15, -0.1) is 13.2 Å². The summed E-state index contributed by atoms with van der Waals surface area (Å²) in [5.74, 6) is 0. The predicted octanol–water partition coefficient (Wildman–Crippen LogP) is 8.64. The Kier molecular flexibility index (Phi) is 14.1. The second kappa shape index (κ2) is 18.2. The van der Waals surface area contributed by atoms with Crippen molar-refractivity contribution in [2.75, 3.05) is 13.2 Å². The molecule has 300 valence electrons. The van der Waals surface area contributed by atoms with Gasteiger partial charge >= 0.3 is 17.1 Å². The first-order chi connectivity index (χ1) is 25.9. The van der Waals surface area contributed by atoms with Gasteiger partial charge in [-0.25, -0.2) is 0 Å². The fourth-order valence-electron chi connectivity index (χ4n) is 9.05. The third kappa shape index (κ3) is 8.72. The zero-order valence-corrected chi connectivity index (χ0v) is 35.8. The van der Waals surface area contributed by atoms with E-state index in [1.807, 2.05) is 30.4 Å². The molecule has 0 amide bonds. The molecular weight excluding hydrogens is 717 g/mol. The molecule has 0 bridgehead atoms. The average molecular weight is 783 g/mol. The van der Waals surface area contributed by atoms with Crippen molar-refractivity contribution in [3.05, 3.63) is 85.5 Å². The van der Waals surface area contributed by atoms with Gasteiger partial charge in [0.05, 0.1) is 50.3 Å². The Labute approximate surface area is 326 Å². The number of hydrogen-bond donors (Lipinski definition) is 0. The van der Waals surface area contributed by atoms with Crippen molar-refractivity contribution in [1.82, 2.24) is 0 Å². The molecule has 0 N–H and O–H groups in total. The van der Waals surface area contributed by atoms with E-state index >= 15 is 0 Å². The Morgan fingerprint density at radius 2 is 1.43 bits per heavy atom. The number of fused-ring (bicyclic) bond motifs is 3. The molecule has 5 aliphatic rings. The van der Waals surface area contributed by atoms with Crippen LogP contribution in [0.15, 0.2) is 79.9 Å². The van der Waals surface area contributed by atoms with Gasteiger partial charge in [0.1, 0.15) is 36.6 Å². The Bertz CT molecular complexity index is 1420. The molecule has 3 saturated heterocycles. The normalized spacial score (nSPS) is 37.2. The molecule has 0 saturated carbocycles. The summed E-state index contributed by atoms with van der Waals surface area (Å²) < 4.78 is 62.4. The van der Waals surface area contributed by atoms with E-state index in [0.29, 0.717) is 32.7 Å². The van der Waals surface area contributed by atoms with E-state index in [1.165, 1.54) is 0 Å². The van der Waals surface area contributed by atoms with Gasteiger partial charge < -0.3 is 41.4 Å². The molecule has 11 heteroatoms. The second-order valence-electron chi connectivity index (χ2n) is 16.8. The number of benzene rings is 1. The summed E-state index contributed by atoms with van der Waals surface area (Å²) >= 11 is 0. The predicted molar refractivity (Wildman–Crippen MR) is 216 cm³/mol. The minimum absolute atomic E-state index is 0.149. The molecule has 3 fully saturated rings. The van der Waals surface area contributed by atoms with Crippen molar-refractivity contribution in [2.24, 2.45) is 0 Å². The van der Waals surface area contributed by atoms with Gasteiger partial charge in [-0.1, -0.05) is 122 Å². The summed E-state index contributed by atoms with van der Waals surface area (Å²) in [6.07, 6.45) is 10.8. The molecule has 1 aromatic carbocycles. The zero-order chi connectivity index (χ0) is 38.6. The molecule has 0 spiro atoms. The number of rotatable bonds is 11. The van der Waals surface area contributed by atoms with E-state index in [2.05, 4.69) is 105 Å². The topological polar surface area (TPSA) is 83.1 Å². The Morgan fingerprint density at radius 3 is 2.09 bits per heavy atom. The van der Waals surface area contributed by atoms with Crippen molar-refractivity contribution in [3.8, 4) is 0 Å². The van der Waals surface area contributed by atoms with E-state index in [0.717, 1.165) is 12.0 Å². The van der Waals surface area contributed by atoms with Crippen LogP contribution in [0.25, 0.3) is 0 Å². The minimum Gasteiger partial charge on any atom is -0.414 e. The summed E-state index contributed by atoms with van der Waals surface area (Å²) in [6, 6.07) is 10.2. The van der Waals surface area contributed by atoms with Crippen molar-refractivity contribution in [2.45, 2.75) is 171 Å². The molecule has 5 heterocycles. The molecule has 0 unspecified atom stereocenters. The second-order valence-corrected chi connectivity index (χ2v) is 25.7. The van der Waals surface area contributed by atoms with Gasteiger partial charge in [0.25, 0.3) is 0 Å². The highest BCUT2D eigenvalue weighted by Gasteiger charge is 2.59. The fourth-order valence-corrected chi connectivity index (χ4v) is 20.2. The molecular formula is C43H66O9Si2. The molecule has 6 rings (SSSR count). The van der Waals surface area contributed by atoms with Crippen molar-refractivity contribution in [3.63, 3.8) is 0 Å². The maximum atomic E-state index is 7.40. The van der Waals surface area contributed by atoms with Gasteiger partial charge in [0, 0.05) is 6.42 Å². The molecule has 0 radical (unpaired) electrons. The lowest BCUT2D eigenvalue weighted by atomic mass is 9.86. The van der Waals surface area contributed by atoms with Gasteiger partial charge in [0.15, 0.2) is 0 Å². The van der Waals surface area contributed by atoms with E-state index < -0.39 is 23.2 Å². The number of hydrogen-bond acceptors (Lipinski definition) is 9. The van der Waals surface area contributed by atoms with Gasteiger partial charge in [-0.3, -0.25) is 0 Å². The van der Waals surface area contributed by atoms with Crippen molar-refractivity contribution < 1.29 is 41.4 Å². The SMILES string of the molecule is C=C[C@@H]1O[C@@H]2CO[Si](C(C)C)(C(C)C)O[Si](C(C)C)(C(C)C)O[C@H]2/C=C\C[C@H]1O[C@H]1C[C@H]2O[C@H]3CC=CCO[C@@H]3[C@@H](OCc3ccccc3)[C@@H]2O[C@@H]1C=C. The van der Waals surface area contributed by atoms with Gasteiger partial charge in [0.2, 0.25) is 0 Å². The molecule has 5 aliphatic heterocycles. The smallest absolute Gasteiger partial charge is 0.335 e. The van der Waals surface area contributed by atoms with Crippen LogP contribution in [0.1, 0.15) is 80.2 Å². The molecule has 1 aromatic rings. The molecule has 0 aromatic heterocycles. The third-order valence-corrected chi connectivity index (χ3v) is 22.2. The van der Waals surface area contributed by atoms with Crippen LogP contribution in [0.3, 0.4) is 0 Å². The monoisotopic (exact) mass is 782 g/mol. The lowest BCUT2D eigenvalue weighted by Crippen LogP contribution is -2.66. The summed E-state index contributed by atoms with van der Waals surface area (Å²) in [6.45, 7) is 27.7. The van der Waals surface area contributed by atoms with Crippen LogP contribution in [0.4, 0.5) is 0 Å².